The predicted octanol–water partition coefficient (Wildman–Crippen LogP) is 3.42. The molecule has 0 aromatic heterocycles. The molecule has 0 bridgehead atoms. The third-order valence-electron chi connectivity index (χ3n) is 4.96. The van der Waals surface area contributed by atoms with Gasteiger partial charge in [0.25, 0.3) is 0 Å². The molecule has 0 unspecified atom stereocenters. The average molecular weight is 410 g/mol. The van der Waals surface area contributed by atoms with Crippen molar-refractivity contribution in [1.29, 1.82) is 0 Å². The summed E-state index contributed by atoms with van der Waals surface area (Å²) in [5.74, 6) is 0.289. The summed E-state index contributed by atoms with van der Waals surface area (Å²) in [7, 11) is 1.58. The number of benzene rings is 2. The first-order chi connectivity index (χ1) is 14.6. The van der Waals surface area contributed by atoms with Gasteiger partial charge in [-0.25, -0.2) is 4.79 Å². The average Bonchev–Trinajstić information content (AvgIpc) is 2.77. The molecule has 3 N–H and O–H groups in total. The predicted molar refractivity (Wildman–Crippen MR) is 115 cm³/mol. The number of methoxy groups -OCH3 is 1. The maximum atomic E-state index is 12.2. The fourth-order valence-corrected chi connectivity index (χ4v) is 3.29. The number of carboxylic acid groups (broad SMARTS) is 1. The van der Waals surface area contributed by atoms with Crippen LogP contribution in [0.1, 0.15) is 28.8 Å². The number of rotatable bonds is 8. The van der Waals surface area contributed by atoms with Gasteiger partial charge in [-0.15, -0.1) is 0 Å². The molecule has 158 valence electrons. The molecule has 1 heterocycles. The summed E-state index contributed by atoms with van der Waals surface area (Å²) in [5, 5.41) is 15.1. The largest absolute Gasteiger partial charge is 0.493 e. The quantitative estimate of drug-likeness (QED) is 0.577. The SMILES string of the molecule is COc1cc(/C=C/C(=O)Nc2ccccc2C(=O)O)ccc1OCC1CCNCC1. The van der Waals surface area contributed by atoms with Gasteiger partial charge in [-0.05, 0) is 67.8 Å². The highest BCUT2D eigenvalue weighted by Gasteiger charge is 2.15. The van der Waals surface area contributed by atoms with Gasteiger partial charge in [0.1, 0.15) is 0 Å². The van der Waals surface area contributed by atoms with Gasteiger partial charge in [0, 0.05) is 6.08 Å². The second kappa shape index (κ2) is 10.5. The van der Waals surface area contributed by atoms with E-state index in [0.717, 1.165) is 31.5 Å². The lowest BCUT2D eigenvalue weighted by Crippen LogP contribution is -2.30. The van der Waals surface area contributed by atoms with Crippen LogP contribution in [0.25, 0.3) is 6.08 Å². The Labute approximate surface area is 175 Å². The molecular weight excluding hydrogens is 384 g/mol. The molecule has 1 saturated heterocycles. The summed E-state index contributed by atoms with van der Waals surface area (Å²) in [6.07, 6.45) is 5.19. The Morgan fingerprint density at radius 1 is 1.17 bits per heavy atom. The summed E-state index contributed by atoms with van der Waals surface area (Å²) in [6.45, 7) is 2.69. The number of carboxylic acids is 1. The first-order valence-electron chi connectivity index (χ1n) is 9.89. The van der Waals surface area contributed by atoms with E-state index in [1.165, 1.54) is 12.1 Å². The molecule has 1 aliphatic rings. The van der Waals surface area contributed by atoms with E-state index in [1.54, 1.807) is 37.5 Å². The van der Waals surface area contributed by atoms with Crippen LogP contribution < -0.4 is 20.1 Å². The molecule has 0 atom stereocenters. The number of amides is 1. The summed E-state index contributed by atoms with van der Waals surface area (Å²) in [4.78, 5) is 23.4. The van der Waals surface area contributed by atoms with Crippen LogP contribution in [0.5, 0.6) is 11.5 Å². The van der Waals surface area contributed by atoms with Gasteiger partial charge in [-0.1, -0.05) is 18.2 Å². The zero-order valence-corrected chi connectivity index (χ0v) is 16.9. The highest BCUT2D eigenvalue weighted by molar-refractivity contribution is 6.06. The topological polar surface area (TPSA) is 96.9 Å². The van der Waals surface area contributed by atoms with Crippen molar-refractivity contribution in [2.75, 3.05) is 32.1 Å². The maximum Gasteiger partial charge on any atom is 0.337 e. The molecule has 0 aliphatic carbocycles. The van der Waals surface area contributed by atoms with E-state index in [4.69, 9.17) is 9.47 Å². The lowest BCUT2D eigenvalue weighted by atomic mass is 9.99. The molecule has 1 amide bonds. The molecule has 7 heteroatoms. The Bertz CT molecular complexity index is 920. The monoisotopic (exact) mass is 410 g/mol. The van der Waals surface area contributed by atoms with E-state index in [0.29, 0.717) is 24.0 Å². The summed E-state index contributed by atoms with van der Waals surface area (Å²) in [5.41, 5.74) is 1.05. The molecule has 2 aromatic carbocycles. The van der Waals surface area contributed by atoms with Crippen molar-refractivity contribution in [2.45, 2.75) is 12.8 Å². The van der Waals surface area contributed by atoms with Crippen molar-refractivity contribution >= 4 is 23.6 Å². The summed E-state index contributed by atoms with van der Waals surface area (Å²) in [6, 6.07) is 11.7. The number of nitrogens with one attached hydrogen (secondary N) is 2. The molecule has 30 heavy (non-hydrogen) atoms. The van der Waals surface area contributed by atoms with Crippen molar-refractivity contribution in [2.24, 2.45) is 5.92 Å². The molecule has 1 aliphatic heterocycles. The van der Waals surface area contributed by atoms with Gasteiger partial charge < -0.3 is 25.2 Å². The third kappa shape index (κ3) is 5.84. The molecule has 1 fully saturated rings. The van der Waals surface area contributed by atoms with E-state index in [1.807, 2.05) is 12.1 Å². The second-order valence-electron chi connectivity index (χ2n) is 7.09. The Balaban J connectivity index is 1.62. The van der Waals surface area contributed by atoms with Gasteiger partial charge in [0.15, 0.2) is 11.5 Å². The number of carbonyl (C=O) groups is 2. The highest BCUT2D eigenvalue weighted by Crippen LogP contribution is 2.29. The Morgan fingerprint density at radius 3 is 2.67 bits per heavy atom. The number of piperidine rings is 1. The molecule has 7 nitrogen and oxygen atoms in total. The standard InChI is InChI=1S/C23H26N2O5/c1-29-21-14-16(6-8-20(21)30-15-17-10-12-24-13-11-17)7-9-22(26)25-19-5-3-2-4-18(19)23(27)28/h2-9,14,17,24H,10-13,15H2,1H3,(H,25,26)(H,27,28)/b9-7+. The summed E-state index contributed by atoms with van der Waals surface area (Å²) >= 11 is 0. The van der Waals surface area contributed by atoms with Crippen LogP contribution in [0.15, 0.2) is 48.5 Å². The number of anilines is 1. The number of ether oxygens (including phenoxy) is 2. The number of hydrogen-bond donors (Lipinski definition) is 3. The van der Waals surface area contributed by atoms with E-state index in [-0.39, 0.29) is 11.3 Å². The zero-order chi connectivity index (χ0) is 21.3. The first-order valence-corrected chi connectivity index (χ1v) is 9.89. The molecule has 0 spiro atoms. The first kappa shape index (κ1) is 21.4. The molecule has 0 saturated carbocycles. The zero-order valence-electron chi connectivity index (χ0n) is 16.9. The minimum Gasteiger partial charge on any atom is -0.493 e. The van der Waals surface area contributed by atoms with Crippen molar-refractivity contribution < 1.29 is 24.2 Å². The minimum atomic E-state index is -1.10. The lowest BCUT2D eigenvalue weighted by molar-refractivity contribution is -0.111. The second-order valence-corrected chi connectivity index (χ2v) is 7.09. The fourth-order valence-electron chi connectivity index (χ4n) is 3.29. The van der Waals surface area contributed by atoms with Crippen LogP contribution in [-0.4, -0.2) is 43.8 Å². The van der Waals surface area contributed by atoms with E-state index in [9.17, 15) is 14.7 Å². The van der Waals surface area contributed by atoms with Crippen LogP contribution in [0.3, 0.4) is 0 Å². The highest BCUT2D eigenvalue weighted by atomic mass is 16.5. The number of aromatic carboxylic acids is 1. The Morgan fingerprint density at radius 2 is 1.93 bits per heavy atom. The van der Waals surface area contributed by atoms with Gasteiger partial charge >= 0.3 is 5.97 Å². The molecule has 2 aromatic rings. The molecule has 3 rings (SSSR count). The van der Waals surface area contributed by atoms with E-state index < -0.39 is 11.9 Å². The summed E-state index contributed by atoms with van der Waals surface area (Å²) < 4.78 is 11.4. The Kier molecular flexibility index (Phi) is 7.45. The molecule has 0 radical (unpaired) electrons. The maximum absolute atomic E-state index is 12.2. The van der Waals surface area contributed by atoms with Crippen LogP contribution >= 0.6 is 0 Å². The van der Waals surface area contributed by atoms with Crippen molar-refractivity contribution in [1.82, 2.24) is 5.32 Å². The Hall–Kier alpha value is -3.32. The van der Waals surface area contributed by atoms with Crippen LogP contribution in [0, 0.1) is 5.92 Å². The normalized spacial score (nSPS) is 14.4. The van der Waals surface area contributed by atoms with E-state index >= 15 is 0 Å². The van der Waals surface area contributed by atoms with Crippen molar-refractivity contribution in [3.63, 3.8) is 0 Å². The number of hydrogen-bond acceptors (Lipinski definition) is 5. The van der Waals surface area contributed by atoms with Crippen molar-refractivity contribution in [3.8, 4) is 11.5 Å². The van der Waals surface area contributed by atoms with Crippen LogP contribution in [0.2, 0.25) is 0 Å². The minimum absolute atomic E-state index is 0.0381. The lowest BCUT2D eigenvalue weighted by Gasteiger charge is -2.23. The smallest absolute Gasteiger partial charge is 0.337 e. The van der Waals surface area contributed by atoms with Gasteiger partial charge in [-0.2, -0.15) is 0 Å². The van der Waals surface area contributed by atoms with Crippen molar-refractivity contribution in [3.05, 3.63) is 59.7 Å². The number of carbonyl (C=O) groups excluding carboxylic acids is 1. The fraction of sp³-hybridized carbons (Fsp3) is 0.304. The number of para-hydroxylation sites is 1. The third-order valence-corrected chi connectivity index (χ3v) is 4.96. The van der Waals surface area contributed by atoms with Gasteiger partial charge in [0.2, 0.25) is 5.91 Å². The van der Waals surface area contributed by atoms with Crippen LogP contribution in [-0.2, 0) is 4.79 Å². The molecular formula is C23H26N2O5. The van der Waals surface area contributed by atoms with Gasteiger partial charge in [0.05, 0.1) is 25.0 Å². The van der Waals surface area contributed by atoms with Crippen LogP contribution in [0.4, 0.5) is 5.69 Å². The van der Waals surface area contributed by atoms with E-state index in [2.05, 4.69) is 10.6 Å². The van der Waals surface area contributed by atoms with Gasteiger partial charge in [-0.3, -0.25) is 4.79 Å².